The van der Waals surface area contributed by atoms with E-state index in [1.807, 2.05) is 0 Å². The molecule has 1 N–H and O–H groups in total. The Bertz CT molecular complexity index is 252. The van der Waals surface area contributed by atoms with Crippen LogP contribution in [0.25, 0.3) is 0 Å². The summed E-state index contributed by atoms with van der Waals surface area (Å²) in [6, 6.07) is 2.15. The van der Waals surface area contributed by atoms with Gasteiger partial charge in [-0.2, -0.15) is 0 Å². The fourth-order valence-electron chi connectivity index (χ4n) is 3.78. The monoisotopic (exact) mass is 282 g/mol. The third-order valence-electron chi connectivity index (χ3n) is 5.52. The molecule has 4 unspecified atom stereocenters. The molecule has 0 aromatic heterocycles. The predicted octanol–water partition coefficient (Wildman–Crippen LogP) is 4.30. The van der Waals surface area contributed by atoms with E-state index in [-0.39, 0.29) is 0 Å². The van der Waals surface area contributed by atoms with Crippen LogP contribution in [0.15, 0.2) is 0 Å². The number of hydrogen-bond donors (Lipinski definition) is 1. The fourth-order valence-corrected chi connectivity index (χ4v) is 3.78. The van der Waals surface area contributed by atoms with Crippen molar-refractivity contribution in [2.24, 2.45) is 11.8 Å². The Morgan fingerprint density at radius 3 is 2.35 bits per heavy atom. The van der Waals surface area contributed by atoms with E-state index >= 15 is 0 Å². The van der Waals surface area contributed by atoms with Crippen LogP contribution in [0.1, 0.15) is 73.1 Å². The van der Waals surface area contributed by atoms with Gasteiger partial charge >= 0.3 is 0 Å². The molecule has 0 aromatic rings. The molecule has 1 fully saturated rings. The molecule has 2 heteroatoms. The second-order valence-electron chi connectivity index (χ2n) is 7.13. The Balaban J connectivity index is 2.80. The maximum Gasteiger partial charge on any atom is 0.0254 e. The molecule has 0 spiro atoms. The molecule has 120 valence electrons. The normalized spacial score (nSPS) is 29.1. The minimum atomic E-state index is 0.691. The molecule has 0 saturated heterocycles. The van der Waals surface area contributed by atoms with E-state index in [9.17, 15) is 0 Å². The highest BCUT2D eigenvalue weighted by molar-refractivity contribution is 4.92. The van der Waals surface area contributed by atoms with E-state index in [2.05, 4.69) is 51.9 Å². The lowest BCUT2D eigenvalue weighted by Gasteiger charge is -2.46. The molecule has 4 atom stereocenters. The minimum Gasteiger partial charge on any atom is -0.315 e. The smallest absolute Gasteiger partial charge is 0.0254 e. The van der Waals surface area contributed by atoms with Gasteiger partial charge in [0.2, 0.25) is 0 Å². The SMILES string of the molecule is CCCCN(C(C)CC)C1CC(C(C)C)CCC1NC. The summed E-state index contributed by atoms with van der Waals surface area (Å²) in [5.74, 6) is 1.75. The van der Waals surface area contributed by atoms with Crippen LogP contribution in [0.4, 0.5) is 0 Å². The molecule has 1 aliphatic carbocycles. The zero-order chi connectivity index (χ0) is 15.1. The Morgan fingerprint density at radius 1 is 1.15 bits per heavy atom. The maximum absolute atomic E-state index is 3.61. The Labute approximate surface area is 127 Å². The first-order valence-electron chi connectivity index (χ1n) is 8.98. The first-order chi connectivity index (χ1) is 9.54. The Morgan fingerprint density at radius 2 is 1.85 bits per heavy atom. The van der Waals surface area contributed by atoms with Crippen LogP contribution in [0.5, 0.6) is 0 Å². The van der Waals surface area contributed by atoms with E-state index in [1.165, 1.54) is 45.1 Å². The molecule has 0 amide bonds. The largest absolute Gasteiger partial charge is 0.315 e. The van der Waals surface area contributed by atoms with Gasteiger partial charge in [-0.25, -0.2) is 0 Å². The quantitative estimate of drug-likeness (QED) is 0.714. The highest BCUT2D eigenvalue weighted by Crippen LogP contribution is 2.34. The average Bonchev–Trinajstić information content (AvgIpc) is 2.46. The number of nitrogens with zero attached hydrogens (tertiary/aromatic N) is 1. The van der Waals surface area contributed by atoms with Crippen LogP contribution >= 0.6 is 0 Å². The van der Waals surface area contributed by atoms with Gasteiger partial charge in [-0.3, -0.25) is 4.90 Å². The third-order valence-corrected chi connectivity index (χ3v) is 5.52. The summed E-state index contributed by atoms with van der Waals surface area (Å²) < 4.78 is 0. The van der Waals surface area contributed by atoms with Crippen molar-refractivity contribution in [1.82, 2.24) is 10.2 Å². The summed E-state index contributed by atoms with van der Waals surface area (Å²) in [7, 11) is 2.15. The van der Waals surface area contributed by atoms with Gasteiger partial charge in [-0.05, 0) is 64.5 Å². The highest BCUT2D eigenvalue weighted by atomic mass is 15.2. The number of unbranched alkanes of at least 4 members (excludes halogenated alkanes) is 1. The second-order valence-corrected chi connectivity index (χ2v) is 7.13. The molecule has 0 radical (unpaired) electrons. The molecule has 1 saturated carbocycles. The molecular formula is C18H38N2. The van der Waals surface area contributed by atoms with Crippen molar-refractivity contribution in [3.63, 3.8) is 0 Å². The highest BCUT2D eigenvalue weighted by Gasteiger charge is 2.35. The van der Waals surface area contributed by atoms with Crippen LogP contribution in [0.2, 0.25) is 0 Å². The summed E-state index contributed by atoms with van der Waals surface area (Å²) in [5.41, 5.74) is 0. The average molecular weight is 283 g/mol. The summed E-state index contributed by atoms with van der Waals surface area (Å²) in [4.78, 5) is 2.82. The molecular weight excluding hydrogens is 244 g/mol. The summed E-state index contributed by atoms with van der Waals surface area (Å²) in [6.07, 6.45) is 8.05. The molecule has 1 rings (SSSR count). The van der Waals surface area contributed by atoms with Gasteiger partial charge in [0.15, 0.2) is 0 Å². The lowest BCUT2D eigenvalue weighted by Crippen LogP contribution is -2.55. The van der Waals surface area contributed by atoms with Gasteiger partial charge in [0.05, 0.1) is 0 Å². The minimum absolute atomic E-state index is 0.691. The van der Waals surface area contributed by atoms with E-state index in [1.54, 1.807) is 0 Å². The molecule has 0 bridgehead atoms. The first-order valence-corrected chi connectivity index (χ1v) is 8.98. The molecule has 0 aliphatic heterocycles. The van der Waals surface area contributed by atoms with E-state index in [0.29, 0.717) is 12.1 Å². The van der Waals surface area contributed by atoms with Crippen molar-refractivity contribution in [3.8, 4) is 0 Å². The zero-order valence-electron chi connectivity index (χ0n) is 14.8. The fraction of sp³-hybridized carbons (Fsp3) is 1.00. The van der Waals surface area contributed by atoms with Crippen molar-refractivity contribution in [1.29, 1.82) is 0 Å². The van der Waals surface area contributed by atoms with Crippen LogP contribution in [0, 0.1) is 11.8 Å². The van der Waals surface area contributed by atoms with Crippen LogP contribution in [-0.4, -0.2) is 36.6 Å². The summed E-state index contributed by atoms with van der Waals surface area (Å²) in [6.45, 7) is 13.1. The van der Waals surface area contributed by atoms with Gasteiger partial charge in [0.1, 0.15) is 0 Å². The van der Waals surface area contributed by atoms with Crippen LogP contribution in [0.3, 0.4) is 0 Å². The van der Waals surface area contributed by atoms with E-state index < -0.39 is 0 Å². The molecule has 1 aliphatic rings. The van der Waals surface area contributed by atoms with Crippen LogP contribution < -0.4 is 5.32 Å². The van der Waals surface area contributed by atoms with Gasteiger partial charge in [-0.15, -0.1) is 0 Å². The lowest BCUT2D eigenvalue weighted by atomic mass is 9.76. The van der Waals surface area contributed by atoms with Crippen LogP contribution in [-0.2, 0) is 0 Å². The van der Waals surface area contributed by atoms with Crippen molar-refractivity contribution in [3.05, 3.63) is 0 Å². The number of hydrogen-bond acceptors (Lipinski definition) is 2. The molecule has 0 aromatic carbocycles. The van der Waals surface area contributed by atoms with Crippen molar-refractivity contribution >= 4 is 0 Å². The summed E-state index contributed by atoms with van der Waals surface area (Å²) in [5, 5.41) is 3.61. The lowest BCUT2D eigenvalue weighted by molar-refractivity contribution is 0.0548. The van der Waals surface area contributed by atoms with Gasteiger partial charge in [0.25, 0.3) is 0 Å². The van der Waals surface area contributed by atoms with Crippen molar-refractivity contribution < 1.29 is 0 Å². The number of nitrogens with one attached hydrogen (secondary N) is 1. The number of rotatable bonds is 8. The second kappa shape index (κ2) is 9.04. The maximum atomic E-state index is 3.61. The predicted molar refractivity (Wildman–Crippen MR) is 90.2 cm³/mol. The van der Waals surface area contributed by atoms with Gasteiger partial charge in [0, 0.05) is 18.1 Å². The molecule has 2 nitrogen and oxygen atoms in total. The summed E-state index contributed by atoms with van der Waals surface area (Å²) >= 11 is 0. The van der Waals surface area contributed by atoms with Gasteiger partial charge < -0.3 is 5.32 Å². The topological polar surface area (TPSA) is 15.3 Å². The Hall–Kier alpha value is -0.0800. The van der Waals surface area contributed by atoms with E-state index in [0.717, 1.165) is 17.9 Å². The van der Waals surface area contributed by atoms with Crippen molar-refractivity contribution in [2.75, 3.05) is 13.6 Å². The molecule has 20 heavy (non-hydrogen) atoms. The Kier molecular flexibility index (Phi) is 8.13. The van der Waals surface area contributed by atoms with Gasteiger partial charge in [-0.1, -0.05) is 34.1 Å². The van der Waals surface area contributed by atoms with E-state index in [4.69, 9.17) is 0 Å². The van der Waals surface area contributed by atoms with Crippen molar-refractivity contribution in [2.45, 2.75) is 91.3 Å². The number of likely N-dealkylation sites (N-methyl/N-ethyl adjacent to an activating group) is 1. The zero-order valence-corrected chi connectivity index (χ0v) is 14.8. The first kappa shape index (κ1) is 18.0. The standard InChI is InChI=1S/C18H38N2/c1-7-9-12-20(15(5)8-2)18-13-16(14(3)4)10-11-17(18)19-6/h14-19H,7-13H2,1-6H3. The third kappa shape index (κ3) is 4.73. The molecule has 0 heterocycles.